The van der Waals surface area contributed by atoms with Gasteiger partial charge in [-0.3, -0.25) is 4.90 Å². The van der Waals surface area contributed by atoms with E-state index in [0.717, 1.165) is 38.5 Å². The van der Waals surface area contributed by atoms with Crippen LogP contribution in [0.25, 0.3) is 0 Å². The maximum Gasteiger partial charge on any atom is 0.119 e. The van der Waals surface area contributed by atoms with Crippen LogP contribution in [-0.2, 0) is 0 Å². The molecule has 2 rings (SSSR count). The second kappa shape index (κ2) is 7.66. The van der Waals surface area contributed by atoms with Gasteiger partial charge in [-0.15, -0.1) is 0 Å². The van der Waals surface area contributed by atoms with E-state index in [0.29, 0.717) is 12.0 Å². The number of nitrogens with zero attached hydrogens (tertiary/aromatic N) is 2. The smallest absolute Gasteiger partial charge is 0.119 e. The Morgan fingerprint density at radius 1 is 1.10 bits per heavy atom. The summed E-state index contributed by atoms with van der Waals surface area (Å²) in [6, 6.07) is 8.96. The van der Waals surface area contributed by atoms with E-state index in [1.54, 1.807) is 7.11 Å². The van der Waals surface area contributed by atoms with Crippen LogP contribution < -0.4 is 15.0 Å². The lowest BCUT2D eigenvalue weighted by atomic mass is 10.0. The number of hydrogen-bond donors (Lipinski definition) is 1. The zero-order valence-corrected chi connectivity index (χ0v) is 13.8. The Labute approximate surface area is 129 Å². The number of nitrogens with one attached hydrogen (secondary N) is 1. The molecule has 0 saturated carbocycles. The lowest BCUT2D eigenvalue weighted by Gasteiger charge is -2.38. The number of methoxy groups -OCH3 is 1. The van der Waals surface area contributed by atoms with Crippen LogP contribution in [0.3, 0.4) is 0 Å². The van der Waals surface area contributed by atoms with Crippen LogP contribution in [0.4, 0.5) is 5.69 Å². The minimum Gasteiger partial charge on any atom is -0.497 e. The highest BCUT2D eigenvalue weighted by atomic mass is 16.5. The molecule has 0 aromatic heterocycles. The van der Waals surface area contributed by atoms with Gasteiger partial charge in [-0.25, -0.2) is 0 Å². The predicted molar refractivity (Wildman–Crippen MR) is 89.3 cm³/mol. The Bertz CT molecular complexity index is 411. The van der Waals surface area contributed by atoms with Crippen molar-refractivity contribution in [2.45, 2.75) is 19.9 Å². The van der Waals surface area contributed by atoms with Crippen molar-refractivity contribution in [1.82, 2.24) is 10.2 Å². The van der Waals surface area contributed by atoms with Gasteiger partial charge in [-0.1, -0.05) is 13.8 Å². The molecule has 0 radical (unpaired) electrons. The van der Waals surface area contributed by atoms with E-state index in [2.05, 4.69) is 48.1 Å². The van der Waals surface area contributed by atoms with Gasteiger partial charge in [0.05, 0.1) is 7.11 Å². The first kappa shape index (κ1) is 16.1. The Balaban J connectivity index is 1.84. The number of anilines is 1. The quantitative estimate of drug-likeness (QED) is 0.868. The van der Waals surface area contributed by atoms with Gasteiger partial charge in [-0.2, -0.15) is 0 Å². The Morgan fingerprint density at radius 3 is 2.19 bits per heavy atom. The number of rotatable bonds is 6. The molecule has 1 aromatic carbocycles. The Hall–Kier alpha value is -1.26. The SMILES string of the molecule is CNC(CN1CCN(c2ccc(OC)cc2)CC1)C(C)C. The highest BCUT2D eigenvalue weighted by Gasteiger charge is 2.21. The molecular weight excluding hydrogens is 262 g/mol. The van der Waals surface area contributed by atoms with Crippen molar-refractivity contribution in [2.75, 3.05) is 51.8 Å². The molecule has 1 aliphatic rings. The molecule has 4 heteroatoms. The molecule has 1 fully saturated rings. The molecule has 1 saturated heterocycles. The first-order chi connectivity index (χ1) is 10.1. The minimum atomic E-state index is 0.581. The first-order valence-electron chi connectivity index (χ1n) is 7.92. The van der Waals surface area contributed by atoms with E-state index in [1.807, 2.05) is 12.1 Å². The summed E-state index contributed by atoms with van der Waals surface area (Å²) in [4.78, 5) is 5.03. The number of benzene rings is 1. The summed E-state index contributed by atoms with van der Waals surface area (Å²) in [5, 5.41) is 3.44. The molecule has 0 amide bonds. The van der Waals surface area contributed by atoms with Crippen LogP contribution in [0.2, 0.25) is 0 Å². The van der Waals surface area contributed by atoms with E-state index in [9.17, 15) is 0 Å². The second-order valence-corrected chi connectivity index (χ2v) is 6.12. The third-order valence-corrected chi connectivity index (χ3v) is 4.44. The van der Waals surface area contributed by atoms with Crippen LogP contribution in [-0.4, -0.2) is 57.8 Å². The van der Waals surface area contributed by atoms with Gasteiger partial charge >= 0.3 is 0 Å². The summed E-state index contributed by atoms with van der Waals surface area (Å²) in [5.74, 6) is 1.60. The largest absolute Gasteiger partial charge is 0.497 e. The topological polar surface area (TPSA) is 27.7 Å². The van der Waals surface area contributed by atoms with Crippen LogP contribution in [0.5, 0.6) is 5.75 Å². The zero-order valence-electron chi connectivity index (χ0n) is 13.8. The first-order valence-corrected chi connectivity index (χ1v) is 7.92. The van der Waals surface area contributed by atoms with Crippen LogP contribution >= 0.6 is 0 Å². The molecule has 1 aliphatic heterocycles. The minimum absolute atomic E-state index is 0.581. The third kappa shape index (κ3) is 4.35. The van der Waals surface area contributed by atoms with Crippen LogP contribution in [0, 0.1) is 5.92 Å². The molecule has 1 aromatic rings. The number of hydrogen-bond acceptors (Lipinski definition) is 4. The van der Waals surface area contributed by atoms with Gasteiger partial charge in [-0.05, 0) is 37.2 Å². The maximum absolute atomic E-state index is 5.22. The van der Waals surface area contributed by atoms with Crippen molar-refractivity contribution in [3.05, 3.63) is 24.3 Å². The van der Waals surface area contributed by atoms with Gasteiger partial charge in [0, 0.05) is 44.5 Å². The zero-order chi connectivity index (χ0) is 15.2. The fourth-order valence-corrected chi connectivity index (χ4v) is 2.90. The normalized spacial score (nSPS) is 18.0. The number of piperazine rings is 1. The lowest BCUT2D eigenvalue weighted by Crippen LogP contribution is -2.51. The Kier molecular flexibility index (Phi) is 5.88. The van der Waals surface area contributed by atoms with Gasteiger partial charge in [0.15, 0.2) is 0 Å². The molecule has 0 spiro atoms. The Morgan fingerprint density at radius 2 is 1.71 bits per heavy atom. The molecule has 118 valence electrons. The van der Waals surface area contributed by atoms with Crippen molar-refractivity contribution in [3.8, 4) is 5.75 Å². The van der Waals surface area contributed by atoms with Crippen molar-refractivity contribution in [1.29, 1.82) is 0 Å². The van der Waals surface area contributed by atoms with Gasteiger partial charge < -0.3 is 15.0 Å². The fourth-order valence-electron chi connectivity index (χ4n) is 2.90. The number of ether oxygens (including phenoxy) is 1. The van der Waals surface area contributed by atoms with Gasteiger partial charge in [0.25, 0.3) is 0 Å². The molecule has 1 atom stereocenters. The molecule has 4 nitrogen and oxygen atoms in total. The molecular formula is C17H29N3O. The predicted octanol–water partition coefficient (Wildman–Crippen LogP) is 2.06. The van der Waals surface area contributed by atoms with E-state index < -0.39 is 0 Å². The summed E-state index contributed by atoms with van der Waals surface area (Å²) in [6.45, 7) is 10.2. The van der Waals surface area contributed by atoms with E-state index in [1.165, 1.54) is 5.69 Å². The summed E-state index contributed by atoms with van der Waals surface area (Å²) in [5.41, 5.74) is 1.30. The molecule has 1 N–H and O–H groups in total. The summed E-state index contributed by atoms with van der Waals surface area (Å²) in [6.07, 6.45) is 0. The third-order valence-electron chi connectivity index (χ3n) is 4.44. The van der Waals surface area contributed by atoms with Crippen molar-refractivity contribution in [2.24, 2.45) is 5.92 Å². The molecule has 1 heterocycles. The summed E-state index contributed by atoms with van der Waals surface area (Å²) in [7, 11) is 3.78. The van der Waals surface area contributed by atoms with Crippen LogP contribution in [0.15, 0.2) is 24.3 Å². The highest BCUT2D eigenvalue weighted by Crippen LogP contribution is 2.20. The van der Waals surface area contributed by atoms with Crippen molar-refractivity contribution < 1.29 is 4.74 Å². The van der Waals surface area contributed by atoms with E-state index in [-0.39, 0.29) is 0 Å². The monoisotopic (exact) mass is 291 g/mol. The molecule has 1 unspecified atom stereocenters. The van der Waals surface area contributed by atoms with Crippen LogP contribution in [0.1, 0.15) is 13.8 Å². The van der Waals surface area contributed by atoms with E-state index in [4.69, 9.17) is 4.74 Å². The highest BCUT2D eigenvalue weighted by molar-refractivity contribution is 5.49. The average Bonchev–Trinajstić information content (AvgIpc) is 2.53. The lowest BCUT2D eigenvalue weighted by molar-refractivity contribution is 0.212. The molecule has 0 bridgehead atoms. The second-order valence-electron chi connectivity index (χ2n) is 6.12. The summed E-state index contributed by atoms with van der Waals surface area (Å²) < 4.78 is 5.22. The van der Waals surface area contributed by atoms with Gasteiger partial charge in [0.1, 0.15) is 5.75 Å². The fraction of sp³-hybridized carbons (Fsp3) is 0.647. The summed E-state index contributed by atoms with van der Waals surface area (Å²) >= 11 is 0. The van der Waals surface area contributed by atoms with Crippen molar-refractivity contribution in [3.63, 3.8) is 0 Å². The van der Waals surface area contributed by atoms with E-state index >= 15 is 0 Å². The average molecular weight is 291 g/mol. The molecule has 21 heavy (non-hydrogen) atoms. The molecule has 0 aliphatic carbocycles. The standard InChI is InChI=1S/C17H29N3O/c1-14(2)17(18-3)13-19-9-11-20(12-10-19)15-5-7-16(21-4)8-6-15/h5-8,14,17-18H,9-13H2,1-4H3. The van der Waals surface area contributed by atoms with Crippen molar-refractivity contribution >= 4 is 5.69 Å². The number of likely N-dealkylation sites (N-methyl/N-ethyl adjacent to an activating group) is 1. The van der Waals surface area contributed by atoms with Gasteiger partial charge in [0.2, 0.25) is 0 Å². The maximum atomic E-state index is 5.22.